The van der Waals surface area contributed by atoms with E-state index in [1.807, 2.05) is 65.8 Å². The van der Waals surface area contributed by atoms with Gasteiger partial charge in [-0.15, -0.1) is 0 Å². The Hall–Kier alpha value is -3.62. The number of amides is 2. The first-order valence-electron chi connectivity index (χ1n) is 13.1. The number of hydrogen-bond acceptors (Lipinski definition) is 3. The highest BCUT2D eigenvalue weighted by Crippen LogP contribution is 2.30. The van der Waals surface area contributed by atoms with Crippen LogP contribution in [0.3, 0.4) is 0 Å². The van der Waals surface area contributed by atoms with Crippen LogP contribution in [0.1, 0.15) is 79.7 Å². The van der Waals surface area contributed by atoms with Crippen LogP contribution >= 0.6 is 0 Å². The molecule has 6 nitrogen and oxygen atoms in total. The van der Waals surface area contributed by atoms with Gasteiger partial charge < -0.3 is 10.2 Å². The number of aryl methyl sites for hydroxylation is 2. The maximum Gasteiger partial charge on any atom is 0.416 e. The first kappa shape index (κ1) is 29.9. The molecule has 0 saturated heterocycles. The molecule has 2 aromatic carbocycles. The van der Waals surface area contributed by atoms with E-state index in [2.05, 4.69) is 5.32 Å². The van der Waals surface area contributed by atoms with E-state index in [4.69, 9.17) is 5.10 Å². The monoisotopic (exact) mass is 542 g/mol. The maximum absolute atomic E-state index is 13.3. The van der Waals surface area contributed by atoms with E-state index in [1.165, 1.54) is 17.0 Å². The molecule has 0 fully saturated rings. The Morgan fingerprint density at radius 3 is 2.33 bits per heavy atom. The quantitative estimate of drug-likeness (QED) is 0.294. The third kappa shape index (κ3) is 7.71. The summed E-state index contributed by atoms with van der Waals surface area (Å²) in [6, 6.07) is 12.0. The Labute approximate surface area is 228 Å². The molecular formula is C30H37F3N4O2. The summed E-state index contributed by atoms with van der Waals surface area (Å²) in [6.45, 7) is 12.0. The van der Waals surface area contributed by atoms with Gasteiger partial charge in [0.1, 0.15) is 12.4 Å². The van der Waals surface area contributed by atoms with Crippen LogP contribution in [-0.2, 0) is 16.4 Å². The predicted molar refractivity (Wildman–Crippen MR) is 147 cm³/mol. The lowest BCUT2D eigenvalue weighted by molar-refractivity contribution is -0.137. The second-order valence-electron chi connectivity index (χ2n) is 10.9. The topological polar surface area (TPSA) is 67.2 Å². The number of alkyl halides is 3. The Morgan fingerprint density at radius 1 is 1.00 bits per heavy atom. The Morgan fingerprint density at radius 2 is 1.72 bits per heavy atom. The van der Waals surface area contributed by atoms with Crippen molar-refractivity contribution in [2.45, 2.75) is 72.4 Å². The van der Waals surface area contributed by atoms with Crippen LogP contribution in [0.2, 0.25) is 0 Å². The summed E-state index contributed by atoms with van der Waals surface area (Å²) in [6.07, 6.45) is -2.23. The molecule has 0 unspecified atom stereocenters. The zero-order valence-electron chi connectivity index (χ0n) is 23.4. The molecule has 0 spiro atoms. The van der Waals surface area contributed by atoms with Crippen LogP contribution < -0.4 is 5.32 Å². The van der Waals surface area contributed by atoms with Crippen LogP contribution in [0, 0.1) is 13.8 Å². The summed E-state index contributed by atoms with van der Waals surface area (Å²) in [4.78, 5) is 27.8. The molecule has 210 valence electrons. The molecular weight excluding hydrogens is 505 g/mol. The standard InChI is InChI=1S/C30H37F3N4O2/c1-7-8-9-15-36(28(39)22-11-10-12-23(17-22)30(31,32)33)19-27(38)34-26-18-25(29(4,5)6)35-37(26)24-14-13-20(2)16-21(24)3/h10-14,16-18H,7-9,15,19H2,1-6H3,(H,34,38). The first-order valence-corrected chi connectivity index (χ1v) is 13.1. The van der Waals surface area contributed by atoms with Crippen molar-refractivity contribution in [1.29, 1.82) is 0 Å². The largest absolute Gasteiger partial charge is 0.416 e. The number of halogens is 3. The molecule has 0 aliphatic heterocycles. The highest BCUT2D eigenvalue weighted by Gasteiger charge is 2.31. The van der Waals surface area contributed by atoms with Gasteiger partial charge in [-0.2, -0.15) is 18.3 Å². The predicted octanol–water partition coefficient (Wildman–Crippen LogP) is 7.08. The van der Waals surface area contributed by atoms with Gasteiger partial charge in [0.05, 0.1) is 16.9 Å². The average Bonchev–Trinajstić information content (AvgIpc) is 3.26. The number of rotatable bonds is 9. The number of aromatic nitrogens is 2. The normalized spacial score (nSPS) is 11.9. The number of unbranched alkanes of at least 4 members (excludes halogenated alkanes) is 2. The molecule has 0 bridgehead atoms. The highest BCUT2D eigenvalue weighted by atomic mass is 19.4. The van der Waals surface area contributed by atoms with Crippen molar-refractivity contribution < 1.29 is 22.8 Å². The van der Waals surface area contributed by atoms with Gasteiger partial charge in [-0.1, -0.05) is 64.3 Å². The number of carbonyl (C=O) groups is 2. The van der Waals surface area contributed by atoms with E-state index in [9.17, 15) is 22.8 Å². The molecule has 1 N–H and O–H groups in total. The Bertz CT molecular complexity index is 1320. The molecule has 0 atom stereocenters. The van der Waals surface area contributed by atoms with Crippen LogP contribution in [0.4, 0.5) is 19.0 Å². The van der Waals surface area contributed by atoms with Crippen molar-refractivity contribution in [3.05, 3.63) is 76.5 Å². The summed E-state index contributed by atoms with van der Waals surface area (Å²) >= 11 is 0. The molecule has 1 heterocycles. The number of benzene rings is 2. The van der Waals surface area contributed by atoms with Crippen molar-refractivity contribution in [2.24, 2.45) is 0 Å². The SMILES string of the molecule is CCCCCN(CC(=O)Nc1cc(C(C)(C)C)nn1-c1ccc(C)cc1C)C(=O)c1cccc(C(F)(F)F)c1. The summed E-state index contributed by atoms with van der Waals surface area (Å²) in [7, 11) is 0. The lowest BCUT2D eigenvalue weighted by Crippen LogP contribution is -2.39. The average molecular weight is 543 g/mol. The number of nitrogens with one attached hydrogen (secondary N) is 1. The fraction of sp³-hybridized carbons (Fsp3) is 0.433. The zero-order valence-corrected chi connectivity index (χ0v) is 23.4. The van der Waals surface area contributed by atoms with Crippen molar-refractivity contribution >= 4 is 17.6 Å². The van der Waals surface area contributed by atoms with Crippen molar-refractivity contribution in [1.82, 2.24) is 14.7 Å². The van der Waals surface area contributed by atoms with E-state index in [1.54, 1.807) is 4.68 Å². The van der Waals surface area contributed by atoms with Gasteiger partial charge in [0.2, 0.25) is 5.91 Å². The maximum atomic E-state index is 13.3. The molecule has 0 radical (unpaired) electrons. The molecule has 0 aliphatic rings. The van der Waals surface area contributed by atoms with Crippen LogP contribution in [-0.4, -0.2) is 39.6 Å². The van der Waals surface area contributed by atoms with E-state index in [0.29, 0.717) is 12.2 Å². The third-order valence-electron chi connectivity index (χ3n) is 6.42. The van der Waals surface area contributed by atoms with Gasteiger partial charge in [-0.25, -0.2) is 4.68 Å². The Balaban J connectivity index is 1.90. The molecule has 0 saturated carbocycles. The van der Waals surface area contributed by atoms with Crippen LogP contribution in [0.25, 0.3) is 5.69 Å². The Kier molecular flexibility index (Phi) is 9.25. The summed E-state index contributed by atoms with van der Waals surface area (Å²) in [5, 5.41) is 7.66. The van der Waals surface area contributed by atoms with Gasteiger partial charge in [-0.3, -0.25) is 9.59 Å². The second-order valence-corrected chi connectivity index (χ2v) is 10.9. The minimum atomic E-state index is -4.57. The number of hydrogen-bond donors (Lipinski definition) is 1. The van der Waals surface area contributed by atoms with E-state index < -0.39 is 23.6 Å². The molecule has 2 amide bonds. The number of anilines is 1. The van der Waals surface area contributed by atoms with Crippen LogP contribution in [0.5, 0.6) is 0 Å². The smallest absolute Gasteiger partial charge is 0.329 e. The van der Waals surface area contributed by atoms with Gasteiger partial charge in [0.25, 0.3) is 5.91 Å². The van der Waals surface area contributed by atoms with Crippen LogP contribution in [0.15, 0.2) is 48.5 Å². The highest BCUT2D eigenvalue weighted by molar-refractivity contribution is 5.99. The first-order chi connectivity index (χ1) is 18.2. The molecule has 3 aromatic rings. The van der Waals surface area contributed by atoms with Crippen molar-refractivity contribution in [3.8, 4) is 5.69 Å². The molecule has 1 aromatic heterocycles. The van der Waals surface area contributed by atoms with Gasteiger partial charge in [-0.05, 0) is 50.1 Å². The van der Waals surface area contributed by atoms with E-state index in [0.717, 1.165) is 47.5 Å². The minimum Gasteiger partial charge on any atom is -0.329 e. The minimum absolute atomic E-state index is 0.107. The lowest BCUT2D eigenvalue weighted by Gasteiger charge is -2.23. The summed E-state index contributed by atoms with van der Waals surface area (Å²) < 4.78 is 41.4. The molecule has 0 aliphatic carbocycles. The zero-order chi connectivity index (χ0) is 29.0. The third-order valence-corrected chi connectivity index (χ3v) is 6.42. The number of carbonyl (C=O) groups excluding carboxylic acids is 2. The summed E-state index contributed by atoms with van der Waals surface area (Å²) in [5.74, 6) is -0.624. The lowest BCUT2D eigenvalue weighted by atomic mass is 9.92. The van der Waals surface area contributed by atoms with Crippen molar-refractivity contribution in [2.75, 3.05) is 18.4 Å². The van der Waals surface area contributed by atoms with E-state index >= 15 is 0 Å². The molecule has 39 heavy (non-hydrogen) atoms. The van der Waals surface area contributed by atoms with Gasteiger partial charge in [0, 0.05) is 23.6 Å². The van der Waals surface area contributed by atoms with Gasteiger partial charge >= 0.3 is 6.18 Å². The molecule has 9 heteroatoms. The fourth-order valence-corrected chi connectivity index (χ4v) is 4.24. The fourth-order valence-electron chi connectivity index (χ4n) is 4.24. The molecule has 3 rings (SSSR count). The second kappa shape index (κ2) is 12.1. The number of nitrogens with zero attached hydrogens (tertiary/aromatic N) is 3. The van der Waals surface area contributed by atoms with Gasteiger partial charge in [0.15, 0.2) is 0 Å². The summed E-state index contributed by atoms with van der Waals surface area (Å²) in [5.41, 5.74) is 2.37. The van der Waals surface area contributed by atoms with E-state index in [-0.39, 0.29) is 24.1 Å². The van der Waals surface area contributed by atoms with Crippen molar-refractivity contribution in [3.63, 3.8) is 0 Å².